The number of benzene rings is 1. The van der Waals surface area contributed by atoms with Crippen LogP contribution in [0.3, 0.4) is 0 Å². The highest BCUT2D eigenvalue weighted by molar-refractivity contribution is 5.30. The number of rotatable bonds is 2. The van der Waals surface area contributed by atoms with Gasteiger partial charge in [0.1, 0.15) is 0 Å². The highest BCUT2D eigenvalue weighted by Crippen LogP contribution is 2.26. The van der Waals surface area contributed by atoms with Gasteiger partial charge in [-0.3, -0.25) is 4.90 Å². The maximum atomic E-state index is 5.99. The van der Waals surface area contributed by atoms with Gasteiger partial charge < -0.3 is 10.6 Å². The van der Waals surface area contributed by atoms with Gasteiger partial charge in [0.15, 0.2) is 0 Å². The summed E-state index contributed by atoms with van der Waals surface area (Å²) in [6, 6.07) is 10.2. The van der Waals surface area contributed by atoms with Crippen molar-refractivity contribution in [3.8, 4) is 0 Å². The van der Waals surface area contributed by atoms with E-state index in [4.69, 9.17) is 5.73 Å². The van der Waals surface area contributed by atoms with Crippen LogP contribution in [0.25, 0.3) is 0 Å². The number of nitrogens with zero attached hydrogens (tertiary/aromatic N) is 2. The van der Waals surface area contributed by atoms with Gasteiger partial charge in [0.2, 0.25) is 0 Å². The van der Waals surface area contributed by atoms with Crippen LogP contribution in [0.15, 0.2) is 24.3 Å². The number of aryl methyl sites for hydroxylation is 1. The van der Waals surface area contributed by atoms with E-state index in [0.717, 1.165) is 13.1 Å². The molecule has 1 fully saturated rings. The van der Waals surface area contributed by atoms with Crippen LogP contribution >= 0.6 is 0 Å². The first kappa shape index (κ1) is 13.1. The van der Waals surface area contributed by atoms with Crippen LogP contribution in [0.2, 0.25) is 0 Å². The van der Waals surface area contributed by atoms with Crippen LogP contribution < -0.4 is 5.73 Å². The molecule has 2 unspecified atom stereocenters. The van der Waals surface area contributed by atoms with Gasteiger partial charge in [0.25, 0.3) is 0 Å². The van der Waals surface area contributed by atoms with Crippen LogP contribution in [-0.2, 0) is 12.8 Å². The van der Waals surface area contributed by atoms with E-state index in [0.29, 0.717) is 12.1 Å². The molecule has 3 heteroatoms. The fourth-order valence-corrected chi connectivity index (χ4v) is 3.68. The minimum absolute atomic E-state index is 0.536. The zero-order valence-corrected chi connectivity index (χ0v) is 11.9. The largest absolute Gasteiger partial charge is 0.329 e. The van der Waals surface area contributed by atoms with Gasteiger partial charge in [0.05, 0.1) is 0 Å². The van der Waals surface area contributed by atoms with Crippen LogP contribution in [-0.4, -0.2) is 55.1 Å². The summed E-state index contributed by atoms with van der Waals surface area (Å²) in [6.07, 6.45) is 3.72. The van der Waals surface area contributed by atoms with Gasteiger partial charge in [-0.2, -0.15) is 0 Å². The Balaban J connectivity index is 1.73. The van der Waals surface area contributed by atoms with Crippen LogP contribution in [0.1, 0.15) is 17.5 Å². The summed E-state index contributed by atoms with van der Waals surface area (Å²) in [5.74, 6) is 0. The summed E-state index contributed by atoms with van der Waals surface area (Å²) in [5.41, 5.74) is 9.09. The van der Waals surface area contributed by atoms with Crippen molar-refractivity contribution in [2.24, 2.45) is 5.73 Å². The van der Waals surface area contributed by atoms with Crippen molar-refractivity contribution < 1.29 is 0 Å². The van der Waals surface area contributed by atoms with Gasteiger partial charge in [-0.25, -0.2) is 0 Å². The molecule has 0 aromatic heterocycles. The summed E-state index contributed by atoms with van der Waals surface area (Å²) in [4.78, 5) is 5.08. The molecule has 0 radical (unpaired) electrons. The normalized spacial score (nSPS) is 29.2. The van der Waals surface area contributed by atoms with Crippen molar-refractivity contribution in [2.75, 3.05) is 33.2 Å². The van der Waals surface area contributed by atoms with E-state index >= 15 is 0 Å². The molecule has 0 bridgehead atoms. The fraction of sp³-hybridized carbons (Fsp3) is 0.625. The number of nitrogens with two attached hydrogens (primary N) is 1. The zero-order chi connectivity index (χ0) is 13.2. The number of hydrogen-bond acceptors (Lipinski definition) is 3. The molecule has 2 N–H and O–H groups in total. The summed E-state index contributed by atoms with van der Waals surface area (Å²) >= 11 is 0. The second-order valence-electron chi connectivity index (χ2n) is 6.05. The zero-order valence-electron chi connectivity index (χ0n) is 11.9. The molecule has 104 valence electrons. The van der Waals surface area contributed by atoms with Crippen molar-refractivity contribution in [3.63, 3.8) is 0 Å². The minimum atomic E-state index is 0.536. The first-order valence-corrected chi connectivity index (χ1v) is 7.49. The van der Waals surface area contributed by atoms with Crippen LogP contribution in [0.4, 0.5) is 0 Å². The Morgan fingerprint density at radius 2 is 2.00 bits per heavy atom. The summed E-state index contributed by atoms with van der Waals surface area (Å²) in [5, 5.41) is 0. The Kier molecular flexibility index (Phi) is 3.87. The Morgan fingerprint density at radius 3 is 2.79 bits per heavy atom. The summed E-state index contributed by atoms with van der Waals surface area (Å²) in [6.45, 7) is 4.25. The first-order valence-electron chi connectivity index (χ1n) is 7.49. The topological polar surface area (TPSA) is 32.5 Å². The smallest absolute Gasteiger partial charge is 0.0349 e. The second kappa shape index (κ2) is 5.61. The lowest BCUT2D eigenvalue weighted by molar-refractivity contribution is 0.0505. The van der Waals surface area contributed by atoms with Crippen molar-refractivity contribution >= 4 is 0 Å². The maximum Gasteiger partial charge on any atom is 0.0349 e. The van der Waals surface area contributed by atoms with Gasteiger partial charge in [0, 0.05) is 38.3 Å². The van der Waals surface area contributed by atoms with E-state index in [-0.39, 0.29) is 0 Å². The molecule has 2 atom stereocenters. The quantitative estimate of drug-likeness (QED) is 0.864. The Bertz CT molecular complexity index is 432. The lowest BCUT2D eigenvalue weighted by Crippen LogP contribution is -2.59. The Morgan fingerprint density at radius 1 is 1.21 bits per heavy atom. The molecule has 0 saturated carbocycles. The molecule has 1 saturated heterocycles. The molecule has 1 aliphatic heterocycles. The molecule has 1 aromatic rings. The SMILES string of the molecule is CN1CCN(C2CCc3ccccc3C2)C(CN)C1. The average Bonchev–Trinajstić information content (AvgIpc) is 2.46. The molecular formula is C16H25N3. The summed E-state index contributed by atoms with van der Waals surface area (Å²) < 4.78 is 0. The van der Waals surface area contributed by atoms with Gasteiger partial charge in [-0.1, -0.05) is 24.3 Å². The van der Waals surface area contributed by atoms with E-state index in [1.165, 1.54) is 32.4 Å². The minimum Gasteiger partial charge on any atom is -0.329 e. The first-order chi connectivity index (χ1) is 9.28. The second-order valence-corrected chi connectivity index (χ2v) is 6.05. The number of piperazine rings is 1. The predicted molar refractivity (Wildman–Crippen MR) is 79.3 cm³/mol. The van der Waals surface area contributed by atoms with Crippen molar-refractivity contribution in [2.45, 2.75) is 31.3 Å². The van der Waals surface area contributed by atoms with Crippen molar-refractivity contribution in [1.29, 1.82) is 0 Å². The number of fused-ring (bicyclic) bond motifs is 1. The van der Waals surface area contributed by atoms with Gasteiger partial charge in [-0.15, -0.1) is 0 Å². The highest BCUT2D eigenvalue weighted by Gasteiger charge is 2.31. The molecule has 2 aliphatic rings. The third-order valence-electron chi connectivity index (χ3n) is 4.79. The molecule has 1 heterocycles. The predicted octanol–water partition coefficient (Wildman–Crippen LogP) is 1.12. The van der Waals surface area contributed by atoms with Crippen LogP contribution in [0.5, 0.6) is 0 Å². The third kappa shape index (κ3) is 2.69. The van der Waals surface area contributed by atoms with E-state index in [2.05, 4.69) is 41.1 Å². The molecule has 0 amide bonds. The standard InChI is InChI=1S/C16H25N3/c1-18-8-9-19(16(11-17)12-18)15-7-6-13-4-2-3-5-14(13)10-15/h2-5,15-16H,6-12,17H2,1H3. The molecule has 3 rings (SSSR count). The number of likely N-dealkylation sites (N-methyl/N-ethyl adjacent to an activating group) is 1. The Hall–Kier alpha value is -0.900. The molecule has 3 nitrogen and oxygen atoms in total. The molecular weight excluding hydrogens is 234 g/mol. The molecule has 1 aromatic carbocycles. The van der Waals surface area contributed by atoms with E-state index in [9.17, 15) is 0 Å². The van der Waals surface area contributed by atoms with Crippen LogP contribution in [0, 0.1) is 0 Å². The Labute approximate surface area is 116 Å². The maximum absolute atomic E-state index is 5.99. The molecule has 0 spiro atoms. The van der Waals surface area contributed by atoms with E-state index < -0.39 is 0 Å². The van der Waals surface area contributed by atoms with Crippen molar-refractivity contribution in [3.05, 3.63) is 35.4 Å². The lowest BCUT2D eigenvalue weighted by Gasteiger charge is -2.45. The van der Waals surface area contributed by atoms with E-state index in [1.54, 1.807) is 11.1 Å². The monoisotopic (exact) mass is 259 g/mol. The molecule has 1 aliphatic carbocycles. The number of hydrogen-bond donors (Lipinski definition) is 1. The fourth-order valence-electron chi connectivity index (χ4n) is 3.68. The van der Waals surface area contributed by atoms with Gasteiger partial charge >= 0.3 is 0 Å². The summed E-state index contributed by atoms with van der Waals surface area (Å²) in [7, 11) is 2.20. The van der Waals surface area contributed by atoms with Crippen molar-refractivity contribution in [1.82, 2.24) is 9.80 Å². The van der Waals surface area contributed by atoms with E-state index in [1.807, 2.05) is 0 Å². The van der Waals surface area contributed by atoms with Gasteiger partial charge in [-0.05, 0) is 37.4 Å². The molecule has 19 heavy (non-hydrogen) atoms. The highest BCUT2D eigenvalue weighted by atomic mass is 15.3. The lowest BCUT2D eigenvalue weighted by atomic mass is 9.86. The average molecular weight is 259 g/mol. The third-order valence-corrected chi connectivity index (χ3v) is 4.79.